The van der Waals surface area contributed by atoms with Crippen LogP contribution in [-0.4, -0.2) is 10.5 Å². The number of nitrogens with zero attached hydrogens (tertiary/aromatic N) is 1. The maximum absolute atomic E-state index is 13.7. The first kappa shape index (κ1) is 15.4. The summed E-state index contributed by atoms with van der Waals surface area (Å²) in [6, 6.07) is 4.66. The Labute approximate surface area is 127 Å². The fourth-order valence-corrected chi connectivity index (χ4v) is 2.21. The van der Waals surface area contributed by atoms with Gasteiger partial charge in [0.25, 0.3) is 11.5 Å². The minimum atomic E-state index is -0.969. The maximum atomic E-state index is 13.7. The molecule has 1 amide bonds. The highest BCUT2D eigenvalue weighted by Gasteiger charge is 2.18. The number of nitrogens with one attached hydrogen (secondary N) is 1. The van der Waals surface area contributed by atoms with Crippen molar-refractivity contribution in [2.75, 3.05) is 5.32 Å². The van der Waals surface area contributed by atoms with Crippen LogP contribution in [0.1, 0.15) is 17.3 Å². The third-order valence-corrected chi connectivity index (χ3v) is 3.27. The molecule has 0 atom stereocenters. The molecule has 0 unspecified atom stereocenters. The predicted octanol–water partition coefficient (Wildman–Crippen LogP) is 3.16. The van der Waals surface area contributed by atoms with Crippen LogP contribution < -0.4 is 10.9 Å². The number of amides is 1. The summed E-state index contributed by atoms with van der Waals surface area (Å²) in [6.07, 6.45) is 1.41. The lowest BCUT2D eigenvalue weighted by Crippen LogP contribution is -2.21. The first-order chi connectivity index (χ1) is 9.92. The van der Waals surface area contributed by atoms with Crippen molar-refractivity contribution < 1.29 is 13.6 Å². The van der Waals surface area contributed by atoms with E-state index in [-0.39, 0.29) is 15.7 Å². The molecule has 110 valence electrons. The van der Waals surface area contributed by atoms with Crippen LogP contribution >= 0.6 is 15.9 Å². The number of anilines is 1. The van der Waals surface area contributed by atoms with Gasteiger partial charge in [0.05, 0.1) is 5.69 Å². The van der Waals surface area contributed by atoms with E-state index in [0.29, 0.717) is 6.54 Å². The second-order valence-electron chi connectivity index (χ2n) is 4.24. The maximum Gasteiger partial charge on any atom is 0.261 e. The van der Waals surface area contributed by atoms with Crippen molar-refractivity contribution in [3.63, 3.8) is 0 Å². The molecule has 0 radical (unpaired) electrons. The minimum Gasteiger partial charge on any atom is -0.320 e. The van der Waals surface area contributed by atoms with Gasteiger partial charge in [0, 0.05) is 23.3 Å². The van der Waals surface area contributed by atoms with Crippen LogP contribution in [0.4, 0.5) is 14.5 Å². The monoisotopic (exact) mass is 356 g/mol. The molecule has 1 aromatic carbocycles. The SMILES string of the molecule is CCn1cc(NC(=O)c2c(F)cc(Br)cc2F)ccc1=O. The molecule has 0 saturated heterocycles. The Morgan fingerprint density at radius 1 is 1.29 bits per heavy atom. The minimum absolute atomic E-state index is 0.202. The largest absolute Gasteiger partial charge is 0.320 e. The number of hydrogen-bond donors (Lipinski definition) is 1. The molecule has 7 heteroatoms. The number of pyridine rings is 1. The van der Waals surface area contributed by atoms with Gasteiger partial charge >= 0.3 is 0 Å². The van der Waals surface area contributed by atoms with E-state index in [9.17, 15) is 18.4 Å². The average molecular weight is 357 g/mol. The van der Waals surface area contributed by atoms with Gasteiger partial charge in [0.2, 0.25) is 0 Å². The van der Waals surface area contributed by atoms with Crippen LogP contribution in [0, 0.1) is 11.6 Å². The molecule has 0 spiro atoms. The van der Waals surface area contributed by atoms with Crippen LogP contribution in [0.2, 0.25) is 0 Å². The lowest BCUT2D eigenvalue weighted by Gasteiger charge is -2.09. The van der Waals surface area contributed by atoms with Crippen molar-refractivity contribution in [1.82, 2.24) is 4.57 Å². The molecule has 0 aliphatic rings. The first-order valence-electron chi connectivity index (χ1n) is 6.08. The van der Waals surface area contributed by atoms with E-state index in [2.05, 4.69) is 21.2 Å². The van der Waals surface area contributed by atoms with E-state index < -0.39 is 23.1 Å². The second-order valence-corrected chi connectivity index (χ2v) is 5.16. The fourth-order valence-electron chi connectivity index (χ4n) is 1.81. The standard InChI is InChI=1S/C14H11BrF2N2O2/c1-2-19-7-9(3-4-12(19)20)18-14(21)13-10(16)5-8(15)6-11(13)17/h3-7H,2H2,1H3,(H,18,21). The van der Waals surface area contributed by atoms with Gasteiger partial charge in [-0.15, -0.1) is 0 Å². The van der Waals surface area contributed by atoms with Crippen LogP contribution in [0.15, 0.2) is 39.7 Å². The van der Waals surface area contributed by atoms with Crippen LogP contribution in [0.25, 0.3) is 0 Å². The molecule has 1 aromatic heterocycles. The molecular weight excluding hydrogens is 346 g/mol. The average Bonchev–Trinajstić information content (AvgIpc) is 2.39. The van der Waals surface area contributed by atoms with E-state index in [1.165, 1.54) is 22.9 Å². The van der Waals surface area contributed by atoms with Crippen molar-refractivity contribution >= 4 is 27.5 Å². The van der Waals surface area contributed by atoms with Gasteiger partial charge in [-0.05, 0) is 25.1 Å². The second kappa shape index (κ2) is 6.17. The van der Waals surface area contributed by atoms with Gasteiger partial charge in [-0.2, -0.15) is 0 Å². The number of halogens is 3. The summed E-state index contributed by atoms with van der Waals surface area (Å²) in [5, 5.41) is 2.37. The number of aryl methyl sites for hydroxylation is 1. The summed E-state index contributed by atoms with van der Waals surface area (Å²) >= 11 is 2.94. The summed E-state index contributed by atoms with van der Waals surface area (Å²) in [5.74, 6) is -2.86. The van der Waals surface area contributed by atoms with Gasteiger partial charge in [0.15, 0.2) is 0 Å². The zero-order valence-electron chi connectivity index (χ0n) is 11.0. The van der Waals surface area contributed by atoms with E-state index in [0.717, 1.165) is 12.1 Å². The Balaban J connectivity index is 2.32. The van der Waals surface area contributed by atoms with Crippen molar-refractivity contribution in [1.29, 1.82) is 0 Å². The van der Waals surface area contributed by atoms with Crippen LogP contribution in [-0.2, 0) is 6.54 Å². The smallest absolute Gasteiger partial charge is 0.261 e. The Bertz CT molecular complexity index is 736. The van der Waals surface area contributed by atoms with Crippen molar-refractivity contribution in [2.45, 2.75) is 13.5 Å². The Morgan fingerprint density at radius 2 is 1.90 bits per heavy atom. The molecule has 0 fully saturated rings. The van der Waals surface area contributed by atoms with Gasteiger partial charge in [-0.1, -0.05) is 15.9 Å². The Kier molecular flexibility index (Phi) is 4.52. The number of hydrogen-bond acceptors (Lipinski definition) is 2. The first-order valence-corrected chi connectivity index (χ1v) is 6.88. The van der Waals surface area contributed by atoms with Crippen LogP contribution in [0.3, 0.4) is 0 Å². The van der Waals surface area contributed by atoms with Gasteiger partial charge < -0.3 is 9.88 Å². The molecule has 21 heavy (non-hydrogen) atoms. The van der Waals surface area contributed by atoms with E-state index >= 15 is 0 Å². The van der Waals surface area contributed by atoms with Crippen molar-refractivity contribution in [3.8, 4) is 0 Å². The zero-order chi connectivity index (χ0) is 15.6. The molecule has 0 aliphatic carbocycles. The summed E-state index contributed by atoms with van der Waals surface area (Å²) in [6.45, 7) is 2.19. The molecule has 2 aromatic rings. The number of carbonyl (C=O) groups excluding carboxylic acids is 1. The molecule has 1 heterocycles. The highest BCUT2D eigenvalue weighted by molar-refractivity contribution is 9.10. The summed E-state index contributed by atoms with van der Waals surface area (Å²) in [7, 11) is 0. The van der Waals surface area contributed by atoms with E-state index in [1.54, 1.807) is 6.92 Å². The lowest BCUT2D eigenvalue weighted by atomic mass is 10.2. The number of aromatic nitrogens is 1. The molecule has 0 saturated carbocycles. The topological polar surface area (TPSA) is 51.1 Å². The summed E-state index contributed by atoms with van der Waals surface area (Å²) < 4.78 is 28.9. The van der Waals surface area contributed by atoms with E-state index in [1.807, 2.05) is 0 Å². The van der Waals surface area contributed by atoms with Gasteiger partial charge in [-0.3, -0.25) is 9.59 Å². The van der Waals surface area contributed by atoms with Crippen molar-refractivity contribution in [2.24, 2.45) is 0 Å². The molecular formula is C14H11BrF2N2O2. The fraction of sp³-hybridized carbons (Fsp3) is 0.143. The third-order valence-electron chi connectivity index (χ3n) is 2.82. The molecule has 0 aliphatic heterocycles. The van der Waals surface area contributed by atoms with Crippen LogP contribution in [0.5, 0.6) is 0 Å². The highest BCUT2D eigenvalue weighted by atomic mass is 79.9. The lowest BCUT2D eigenvalue weighted by molar-refractivity contribution is 0.101. The number of carbonyl (C=O) groups is 1. The molecule has 2 rings (SSSR count). The van der Waals surface area contributed by atoms with Crippen molar-refractivity contribution in [3.05, 3.63) is 62.5 Å². The predicted molar refractivity (Wildman–Crippen MR) is 78.4 cm³/mol. The third kappa shape index (κ3) is 3.36. The summed E-state index contributed by atoms with van der Waals surface area (Å²) in [5.41, 5.74) is -0.618. The zero-order valence-corrected chi connectivity index (χ0v) is 12.6. The highest BCUT2D eigenvalue weighted by Crippen LogP contribution is 2.20. The van der Waals surface area contributed by atoms with Gasteiger partial charge in [0.1, 0.15) is 17.2 Å². The number of rotatable bonds is 3. The summed E-state index contributed by atoms with van der Waals surface area (Å²) in [4.78, 5) is 23.4. The normalized spacial score (nSPS) is 10.5. The molecule has 1 N–H and O–H groups in total. The Morgan fingerprint density at radius 3 is 2.48 bits per heavy atom. The van der Waals surface area contributed by atoms with Gasteiger partial charge in [-0.25, -0.2) is 8.78 Å². The molecule has 0 bridgehead atoms. The quantitative estimate of drug-likeness (QED) is 0.918. The molecule has 4 nitrogen and oxygen atoms in total. The van der Waals surface area contributed by atoms with E-state index in [4.69, 9.17) is 0 Å². The Hall–Kier alpha value is -2.02. The number of benzene rings is 1.